The first kappa shape index (κ1) is 5.03. The Morgan fingerprint density at radius 3 is 2.89 bits per heavy atom. The van der Waals surface area contributed by atoms with Crippen molar-refractivity contribution in [2.45, 2.75) is 18.9 Å². The Labute approximate surface area is 54.9 Å². The summed E-state index contributed by atoms with van der Waals surface area (Å²) in [5.74, 6) is 0. The van der Waals surface area contributed by atoms with Crippen LogP contribution in [0.15, 0.2) is 17.4 Å². The minimum Gasteiger partial charge on any atom is -0.368 e. The molecule has 0 aromatic heterocycles. The molecule has 0 unspecified atom stereocenters. The molecule has 1 heterocycles. The molecule has 2 rings (SSSR count). The highest BCUT2D eigenvalue weighted by Crippen LogP contribution is 2.26. The third-order valence-corrected chi connectivity index (χ3v) is 1.76. The van der Waals surface area contributed by atoms with Gasteiger partial charge in [-0.2, -0.15) is 0 Å². The Kier molecular flexibility index (Phi) is 1.04. The maximum absolute atomic E-state index is 3.99. The van der Waals surface area contributed by atoms with Gasteiger partial charge in [-0.05, 0) is 12.8 Å². The van der Waals surface area contributed by atoms with Crippen molar-refractivity contribution in [3.05, 3.63) is 12.4 Å². The van der Waals surface area contributed by atoms with Crippen molar-refractivity contribution in [1.29, 1.82) is 0 Å². The highest BCUT2D eigenvalue weighted by molar-refractivity contribution is 5.61. The van der Waals surface area contributed by atoms with Gasteiger partial charge in [-0.3, -0.25) is 4.99 Å². The molecule has 0 atom stereocenters. The van der Waals surface area contributed by atoms with E-state index in [-0.39, 0.29) is 0 Å². The number of nitrogens with zero attached hydrogens (tertiary/aromatic N) is 2. The molecule has 2 heteroatoms. The fourth-order valence-electron chi connectivity index (χ4n) is 1.06. The Bertz CT molecular complexity index is 156. The van der Waals surface area contributed by atoms with Crippen LogP contribution < -0.4 is 0 Å². The number of aliphatic imine (C=N–C) groups is 1. The standard InChI is InChI=1S/C7H10N2/c1-2-7(1)9-5-3-8-4-6-9/h3-5,7H,1-2,6H2. The second kappa shape index (κ2) is 1.87. The molecule has 0 N–H and O–H groups in total. The minimum atomic E-state index is 0.841. The van der Waals surface area contributed by atoms with Crippen LogP contribution in [0.5, 0.6) is 0 Å². The first-order valence-electron chi connectivity index (χ1n) is 3.41. The predicted octanol–water partition coefficient (Wildman–Crippen LogP) is 1.01. The molecule has 2 aliphatic rings. The predicted molar refractivity (Wildman–Crippen MR) is 37.4 cm³/mol. The van der Waals surface area contributed by atoms with Gasteiger partial charge in [-0.25, -0.2) is 0 Å². The summed E-state index contributed by atoms with van der Waals surface area (Å²) in [6.07, 6.45) is 8.65. The maximum atomic E-state index is 3.99. The topological polar surface area (TPSA) is 15.6 Å². The molecular weight excluding hydrogens is 112 g/mol. The van der Waals surface area contributed by atoms with E-state index >= 15 is 0 Å². The van der Waals surface area contributed by atoms with Crippen LogP contribution in [0.2, 0.25) is 0 Å². The van der Waals surface area contributed by atoms with E-state index in [0.717, 1.165) is 12.6 Å². The van der Waals surface area contributed by atoms with Crippen LogP contribution in [-0.2, 0) is 0 Å². The van der Waals surface area contributed by atoms with E-state index < -0.39 is 0 Å². The van der Waals surface area contributed by atoms with Gasteiger partial charge in [0.2, 0.25) is 0 Å². The third-order valence-electron chi connectivity index (χ3n) is 1.76. The molecule has 1 saturated carbocycles. The van der Waals surface area contributed by atoms with Gasteiger partial charge in [0.25, 0.3) is 0 Å². The summed E-state index contributed by atoms with van der Waals surface area (Å²) in [4.78, 5) is 6.33. The van der Waals surface area contributed by atoms with Crippen molar-refractivity contribution in [3.63, 3.8) is 0 Å². The molecule has 0 aromatic rings. The third kappa shape index (κ3) is 0.969. The van der Waals surface area contributed by atoms with Crippen molar-refractivity contribution < 1.29 is 0 Å². The Hall–Kier alpha value is -0.790. The minimum absolute atomic E-state index is 0.841. The summed E-state index contributed by atoms with van der Waals surface area (Å²) in [6, 6.07) is 0.841. The molecule has 0 radical (unpaired) electrons. The largest absolute Gasteiger partial charge is 0.368 e. The normalized spacial score (nSPS) is 25.1. The highest BCUT2D eigenvalue weighted by atomic mass is 15.2. The quantitative estimate of drug-likeness (QED) is 0.506. The number of hydrogen-bond donors (Lipinski definition) is 0. The van der Waals surface area contributed by atoms with E-state index in [0.29, 0.717) is 0 Å². The average Bonchev–Trinajstić information content (AvgIpc) is 2.71. The fourth-order valence-corrected chi connectivity index (χ4v) is 1.06. The van der Waals surface area contributed by atoms with Gasteiger partial charge >= 0.3 is 0 Å². The average molecular weight is 122 g/mol. The summed E-state index contributed by atoms with van der Waals surface area (Å²) >= 11 is 0. The highest BCUT2D eigenvalue weighted by Gasteiger charge is 2.26. The van der Waals surface area contributed by atoms with Crippen LogP contribution in [0.4, 0.5) is 0 Å². The molecule has 0 saturated heterocycles. The smallest absolute Gasteiger partial charge is 0.0530 e. The molecule has 1 fully saturated rings. The zero-order valence-electron chi connectivity index (χ0n) is 5.33. The van der Waals surface area contributed by atoms with E-state index in [1.54, 1.807) is 0 Å². The molecule has 1 aliphatic carbocycles. The number of rotatable bonds is 1. The summed E-state index contributed by atoms with van der Waals surface area (Å²) in [6.45, 7) is 1.02. The van der Waals surface area contributed by atoms with Gasteiger partial charge in [0.15, 0.2) is 0 Å². The van der Waals surface area contributed by atoms with Gasteiger partial charge in [-0.1, -0.05) is 0 Å². The summed E-state index contributed by atoms with van der Waals surface area (Å²) in [5.41, 5.74) is 0. The SMILES string of the molecule is C1=CN(C2CC2)CC=N1. The number of hydrogen-bond acceptors (Lipinski definition) is 2. The van der Waals surface area contributed by atoms with Gasteiger partial charge in [-0.15, -0.1) is 0 Å². The second-order valence-corrected chi connectivity index (χ2v) is 2.56. The Morgan fingerprint density at radius 2 is 2.33 bits per heavy atom. The lowest BCUT2D eigenvalue weighted by Gasteiger charge is -2.18. The van der Waals surface area contributed by atoms with Crippen LogP contribution in [-0.4, -0.2) is 23.7 Å². The lowest BCUT2D eigenvalue weighted by molar-refractivity contribution is 0.415. The summed E-state index contributed by atoms with van der Waals surface area (Å²) in [7, 11) is 0. The zero-order chi connectivity index (χ0) is 6.10. The van der Waals surface area contributed by atoms with Crippen molar-refractivity contribution >= 4 is 6.21 Å². The van der Waals surface area contributed by atoms with Gasteiger partial charge in [0, 0.05) is 24.7 Å². The van der Waals surface area contributed by atoms with Crippen LogP contribution in [0.25, 0.3) is 0 Å². The lowest BCUT2D eigenvalue weighted by atomic mass is 10.5. The maximum Gasteiger partial charge on any atom is 0.0530 e. The second-order valence-electron chi connectivity index (χ2n) is 2.56. The van der Waals surface area contributed by atoms with E-state index in [2.05, 4.69) is 16.1 Å². The molecule has 1 aliphatic heterocycles. The van der Waals surface area contributed by atoms with Crippen LogP contribution in [0.1, 0.15) is 12.8 Å². The molecule has 2 nitrogen and oxygen atoms in total. The summed E-state index contributed by atoms with van der Waals surface area (Å²) in [5, 5.41) is 0. The van der Waals surface area contributed by atoms with Crippen molar-refractivity contribution in [3.8, 4) is 0 Å². The van der Waals surface area contributed by atoms with Crippen LogP contribution in [0, 0.1) is 0 Å². The van der Waals surface area contributed by atoms with Crippen LogP contribution >= 0.6 is 0 Å². The van der Waals surface area contributed by atoms with Crippen molar-refractivity contribution in [1.82, 2.24) is 4.90 Å². The molecule has 48 valence electrons. The Balaban J connectivity index is 1.98. The molecular formula is C7H10N2. The van der Waals surface area contributed by atoms with E-state index in [9.17, 15) is 0 Å². The van der Waals surface area contributed by atoms with Gasteiger partial charge in [0.05, 0.1) is 6.54 Å². The van der Waals surface area contributed by atoms with Gasteiger partial charge in [0.1, 0.15) is 0 Å². The molecule has 0 spiro atoms. The Morgan fingerprint density at radius 1 is 1.44 bits per heavy atom. The fraction of sp³-hybridized carbons (Fsp3) is 0.571. The van der Waals surface area contributed by atoms with Crippen molar-refractivity contribution in [2.24, 2.45) is 4.99 Å². The van der Waals surface area contributed by atoms with Gasteiger partial charge < -0.3 is 4.90 Å². The molecule has 0 aromatic carbocycles. The van der Waals surface area contributed by atoms with Crippen molar-refractivity contribution in [2.75, 3.05) is 6.54 Å². The molecule has 0 amide bonds. The molecule has 9 heavy (non-hydrogen) atoms. The van der Waals surface area contributed by atoms with E-state index in [4.69, 9.17) is 0 Å². The first-order valence-corrected chi connectivity index (χ1v) is 3.41. The summed E-state index contributed by atoms with van der Waals surface area (Å²) < 4.78 is 0. The van der Waals surface area contributed by atoms with E-state index in [1.165, 1.54) is 12.8 Å². The monoisotopic (exact) mass is 122 g/mol. The molecule has 0 bridgehead atoms. The zero-order valence-corrected chi connectivity index (χ0v) is 5.33. The first-order chi connectivity index (χ1) is 4.47. The van der Waals surface area contributed by atoms with E-state index in [1.807, 2.05) is 12.4 Å². The lowest BCUT2D eigenvalue weighted by Crippen LogP contribution is -2.23. The van der Waals surface area contributed by atoms with Crippen LogP contribution in [0.3, 0.4) is 0 Å².